The van der Waals surface area contributed by atoms with Gasteiger partial charge in [-0.25, -0.2) is 0 Å². The minimum absolute atomic E-state index is 0.464. The SMILES string of the molecule is Cc1ccc(-n2nnnc2SCCC#N)cc1Cl. The van der Waals surface area contributed by atoms with Crippen LogP contribution in [0.25, 0.3) is 5.69 Å². The zero-order chi connectivity index (χ0) is 13.0. The minimum Gasteiger partial charge on any atom is -0.198 e. The van der Waals surface area contributed by atoms with Crippen molar-refractivity contribution in [1.29, 1.82) is 5.26 Å². The highest BCUT2D eigenvalue weighted by atomic mass is 35.5. The molecule has 0 unspecified atom stereocenters. The highest BCUT2D eigenvalue weighted by Crippen LogP contribution is 2.22. The van der Waals surface area contributed by atoms with Gasteiger partial charge in [0.2, 0.25) is 5.16 Å². The molecule has 0 spiro atoms. The van der Waals surface area contributed by atoms with E-state index in [0.717, 1.165) is 11.3 Å². The number of aryl methyl sites for hydroxylation is 1. The number of rotatable bonds is 4. The van der Waals surface area contributed by atoms with Gasteiger partial charge in [0.25, 0.3) is 0 Å². The lowest BCUT2D eigenvalue weighted by atomic mass is 10.2. The maximum atomic E-state index is 8.51. The summed E-state index contributed by atoms with van der Waals surface area (Å²) in [6.07, 6.45) is 0.464. The van der Waals surface area contributed by atoms with E-state index < -0.39 is 0 Å². The summed E-state index contributed by atoms with van der Waals surface area (Å²) < 4.78 is 1.62. The molecule has 0 saturated heterocycles. The van der Waals surface area contributed by atoms with Gasteiger partial charge in [0, 0.05) is 17.2 Å². The molecule has 18 heavy (non-hydrogen) atoms. The Hall–Kier alpha value is -1.58. The molecule has 92 valence electrons. The van der Waals surface area contributed by atoms with Crippen LogP contribution in [0.3, 0.4) is 0 Å². The molecule has 0 amide bonds. The van der Waals surface area contributed by atoms with E-state index in [9.17, 15) is 0 Å². The van der Waals surface area contributed by atoms with Gasteiger partial charge >= 0.3 is 0 Å². The van der Waals surface area contributed by atoms with Gasteiger partial charge < -0.3 is 0 Å². The van der Waals surface area contributed by atoms with Crippen LogP contribution < -0.4 is 0 Å². The standard InChI is InChI=1S/C11H10ClN5S/c1-8-3-4-9(7-10(8)12)17-11(14-15-16-17)18-6-2-5-13/h3-4,7H,2,6H2,1H3. The third-order valence-electron chi connectivity index (χ3n) is 2.29. The third-order valence-corrected chi connectivity index (χ3v) is 3.61. The van der Waals surface area contributed by atoms with E-state index in [1.165, 1.54) is 11.8 Å². The molecule has 0 aliphatic carbocycles. The van der Waals surface area contributed by atoms with Crippen molar-refractivity contribution in [1.82, 2.24) is 20.2 Å². The fraction of sp³-hybridized carbons (Fsp3) is 0.273. The molecule has 0 fully saturated rings. The summed E-state index contributed by atoms with van der Waals surface area (Å²) >= 11 is 7.52. The van der Waals surface area contributed by atoms with Gasteiger partial charge in [0.1, 0.15) is 0 Å². The number of nitriles is 1. The fourth-order valence-corrected chi connectivity index (χ4v) is 2.24. The first-order valence-corrected chi connectivity index (χ1v) is 6.63. The first kappa shape index (κ1) is 12.9. The van der Waals surface area contributed by atoms with Gasteiger partial charge in [-0.1, -0.05) is 29.4 Å². The Labute approximate surface area is 114 Å². The highest BCUT2D eigenvalue weighted by Gasteiger charge is 2.09. The lowest BCUT2D eigenvalue weighted by Gasteiger charge is -2.05. The van der Waals surface area contributed by atoms with Gasteiger partial charge in [-0.2, -0.15) is 9.94 Å². The Bertz CT molecular complexity index is 589. The molecule has 1 aromatic carbocycles. The van der Waals surface area contributed by atoms with E-state index >= 15 is 0 Å². The van der Waals surface area contributed by atoms with Crippen LogP contribution in [0.4, 0.5) is 0 Å². The zero-order valence-electron chi connectivity index (χ0n) is 9.67. The second-order valence-corrected chi connectivity index (χ2v) is 5.03. The van der Waals surface area contributed by atoms with E-state index in [0.29, 0.717) is 22.4 Å². The average Bonchev–Trinajstić information content (AvgIpc) is 2.81. The number of halogens is 1. The van der Waals surface area contributed by atoms with Gasteiger partial charge in [-0.15, -0.1) is 5.10 Å². The number of tetrazole rings is 1. The maximum Gasteiger partial charge on any atom is 0.214 e. The van der Waals surface area contributed by atoms with Crippen molar-refractivity contribution >= 4 is 23.4 Å². The summed E-state index contributed by atoms with van der Waals surface area (Å²) in [6, 6.07) is 7.74. The Balaban J connectivity index is 2.25. The van der Waals surface area contributed by atoms with Crippen LogP contribution in [-0.2, 0) is 0 Å². The monoisotopic (exact) mass is 279 g/mol. The third kappa shape index (κ3) is 2.81. The number of hydrogen-bond acceptors (Lipinski definition) is 5. The number of benzene rings is 1. The Morgan fingerprint density at radius 3 is 3.06 bits per heavy atom. The molecule has 0 saturated carbocycles. The number of aromatic nitrogens is 4. The Kier molecular flexibility index (Phi) is 4.18. The molecule has 2 rings (SSSR count). The second-order valence-electron chi connectivity index (χ2n) is 3.56. The van der Waals surface area contributed by atoms with Gasteiger partial charge in [0.15, 0.2) is 0 Å². The molecule has 0 radical (unpaired) electrons. The van der Waals surface area contributed by atoms with Crippen molar-refractivity contribution in [3.8, 4) is 11.8 Å². The van der Waals surface area contributed by atoms with Crippen molar-refractivity contribution in [2.24, 2.45) is 0 Å². The molecular weight excluding hydrogens is 270 g/mol. The minimum atomic E-state index is 0.464. The van der Waals surface area contributed by atoms with Gasteiger partial charge in [-0.3, -0.25) is 0 Å². The molecule has 0 atom stereocenters. The largest absolute Gasteiger partial charge is 0.214 e. The van der Waals surface area contributed by atoms with Crippen LogP contribution in [0.1, 0.15) is 12.0 Å². The highest BCUT2D eigenvalue weighted by molar-refractivity contribution is 7.99. The molecule has 0 N–H and O–H groups in total. The Morgan fingerprint density at radius 1 is 1.50 bits per heavy atom. The van der Waals surface area contributed by atoms with Crippen LogP contribution in [0.2, 0.25) is 5.02 Å². The van der Waals surface area contributed by atoms with Gasteiger partial charge in [0.05, 0.1) is 11.8 Å². The normalized spacial score (nSPS) is 10.3. The molecule has 1 heterocycles. The Morgan fingerprint density at radius 2 is 2.33 bits per heavy atom. The predicted molar refractivity (Wildman–Crippen MR) is 69.9 cm³/mol. The molecule has 1 aromatic heterocycles. The van der Waals surface area contributed by atoms with E-state index in [2.05, 4.69) is 21.6 Å². The molecule has 0 bridgehead atoms. The van der Waals surface area contributed by atoms with Crippen LogP contribution >= 0.6 is 23.4 Å². The van der Waals surface area contributed by atoms with Crippen molar-refractivity contribution in [2.75, 3.05) is 5.75 Å². The van der Waals surface area contributed by atoms with Crippen LogP contribution in [0, 0.1) is 18.3 Å². The predicted octanol–water partition coefficient (Wildman–Crippen LogP) is 2.63. The maximum absolute atomic E-state index is 8.51. The van der Waals surface area contributed by atoms with Crippen molar-refractivity contribution in [2.45, 2.75) is 18.5 Å². The first-order chi connectivity index (χ1) is 8.72. The summed E-state index contributed by atoms with van der Waals surface area (Å²) in [5.74, 6) is 0.663. The lowest BCUT2D eigenvalue weighted by Crippen LogP contribution is -1.99. The quantitative estimate of drug-likeness (QED) is 0.636. The zero-order valence-corrected chi connectivity index (χ0v) is 11.2. The molecule has 5 nitrogen and oxygen atoms in total. The summed E-state index contributed by atoms with van der Waals surface area (Å²) in [6.45, 7) is 1.94. The van der Waals surface area contributed by atoms with E-state index in [1.54, 1.807) is 4.68 Å². The summed E-state index contributed by atoms with van der Waals surface area (Å²) in [5, 5.41) is 21.3. The smallest absolute Gasteiger partial charge is 0.198 e. The van der Waals surface area contributed by atoms with Crippen molar-refractivity contribution in [3.63, 3.8) is 0 Å². The number of thioether (sulfide) groups is 1. The second kappa shape index (κ2) is 5.85. The number of hydrogen-bond donors (Lipinski definition) is 0. The summed E-state index contributed by atoms with van der Waals surface area (Å²) in [7, 11) is 0. The van der Waals surface area contributed by atoms with Crippen LogP contribution in [0.5, 0.6) is 0 Å². The van der Waals surface area contributed by atoms with Crippen molar-refractivity contribution < 1.29 is 0 Å². The molecule has 2 aromatic rings. The van der Waals surface area contributed by atoms with Crippen molar-refractivity contribution in [3.05, 3.63) is 28.8 Å². The van der Waals surface area contributed by atoms with Crippen LogP contribution in [0.15, 0.2) is 23.4 Å². The van der Waals surface area contributed by atoms with E-state index in [-0.39, 0.29) is 0 Å². The lowest BCUT2D eigenvalue weighted by molar-refractivity contribution is 0.756. The molecular formula is C11H10ClN5S. The van der Waals surface area contributed by atoms with E-state index in [1.807, 2.05) is 25.1 Å². The molecule has 7 heteroatoms. The number of nitrogens with zero attached hydrogens (tertiary/aromatic N) is 5. The van der Waals surface area contributed by atoms with Gasteiger partial charge in [-0.05, 0) is 35.0 Å². The summed E-state index contributed by atoms with van der Waals surface area (Å²) in [5.41, 5.74) is 1.82. The fourth-order valence-electron chi connectivity index (χ4n) is 1.33. The summed E-state index contributed by atoms with van der Waals surface area (Å²) in [4.78, 5) is 0. The van der Waals surface area contributed by atoms with Crippen LogP contribution in [-0.4, -0.2) is 26.0 Å². The topological polar surface area (TPSA) is 67.4 Å². The molecule has 0 aliphatic rings. The first-order valence-electron chi connectivity index (χ1n) is 5.27. The van der Waals surface area contributed by atoms with E-state index in [4.69, 9.17) is 16.9 Å². The average molecular weight is 280 g/mol. The molecule has 0 aliphatic heterocycles.